The Morgan fingerprint density at radius 1 is 1.37 bits per heavy atom. The zero-order valence-corrected chi connectivity index (χ0v) is 11.2. The molecule has 1 aromatic heterocycles. The van der Waals surface area contributed by atoms with Crippen LogP contribution in [0.25, 0.3) is 10.9 Å². The van der Waals surface area contributed by atoms with Crippen molar-refractivity contribution in [2.45, 2.75) is 26.3 Å². The lowest BCUT2D eigenvalue weighted by Crippen LogP contribution is -2.41. The Kier molecular flexibility index (Phi) is 3.29. The Morgan fingerprint density at radius 3 is 2.68 bits per heavy atom. The highest BCUT2D eigenvalue weighted by atomic mass is 16.4. The second-order valence-electron chi connectivity index (χ2n) is 5.30. The predicted molar refractivity (Wildman–Crippen MR) is 75.5 cm³/mol. The van der Waals surface area contributed by atoms with Gasteiger partial charge in [-0.25, -0.2) is 4.79 Å². The number of nitrogens with one attached hydrogen (secondary N) is 1. The zero-order valence-electron chi connectivity index (χ0n) is 11.2. The van der Waals surface area contributed by atoms with Gasteiger partial charge in [0.05, 0.1) is 11.8 Å². The predicted octanol–water partition coefficient (Wildman–Crippen LogP) is 3.28. The molecule has 0 unspecified atom stereocenters. The van der Waals surface area contributed by atoms with Crippen LogP contribution in [0.15, 0.2) is 35.6 Å². The molecule has 0 aliphatic carbocycles. The number of carboxylic acid groups (broad SMARTS) is 1. The third-order valence-corrected chi connectivity index (χ3v) is 2.75. The Hall–Kier alpha value is -2.30. The molecule has 2 N–H and O–H groups in total. The van der Waals surface area contributed by atoms with E-state index < -0.39 is 11.6 Å². The van der Waals surface area contributed by atoms with E-state index in [4.69, 9.17) is 5.11 Å². The van der Waals surface area contributed by atoms with Crippen LogP contribution in [0, 0.1) is 0 Å². The van der Waals surface area contributed by atoms with E-state index in [0.29, 0.717) is 0 Å². The highest BCUT2D eigenvalue weighted by Gasteiger charge is 2.25. The third-order valence-electron chi connectivity index (χ3n) is 2.75. The van der Waals surface area contributed by atoms with Crippen molar-refractivity contribution in [3.05, 3.63) is 36.0 Å². The average molecular weight is 259 g/mol. The van der Waals surface area contributed by atoms with E-state index in [1.165, 1.54) is 0 Å². The van der Waals surface area contributed by atoms with E-state index >= 15 is 0 Å². The number of hydrogen-bond donors (Lipinski definition) is 2. The number of benzene rings is 1. The van der Waals surface area contributed by atoms with Crippen LogP contribution in [0.4, 0.5) is 4.79 Å². The molecule has 1 heterocycles. The maximum atomic E-state index is 11.2. The second-order valence-corrected chi connectivity index (χ2v) is 5.30. The molecule has 0 saturated carbocycles. The molecule has 5 heteroatoms. The molecule has 1 aromatic carbocycles. The lowest BCUT2D eigenvalue weighted by molar-refractivity contribution is 0.103. The molecule has 0 fully saturated rings. The monoisotopic (exact) mass is 259 g/mol. The topological polar surface area (TPSA) is 68.7 Å². The summed E-state index contributed by atoms with van der Waals surface area (Å²) in [6.07, 6.45) is 2.32. The summed E-state index contributed by atoms with van der Waals surface area (Å²) in [5.41, 5.74) is 1.29. The number of hydrazone groups is 1. The normalized spacial score (nSPS) is 12.2. The number of rotatable bonds is 2. The summed E-state index contributed by atoms with van der Waals surface area (Å²) in [5.74, 6) is 0. The summed E-state index contributed by atoms with van der Waals surface area (Å²) < 4.78 is 0. The Balaban J connectivity index is 2.34. The fourth-order valence-corrected chi connectivity index (χ4v) is 1.83. The molecule has 2 aromatic rings. The lowest BCUT2D eigenvalue weighted by atomic mass is 10.1. The van der Waals surface area contributed by atoms with Gasteiger partial charge in [-0.05, 0) is 26.8 Å². The van der Waals surface area contributed by atoms with Gasteiger partial charge in [0.2, 0.25) is 0 Å². The number of para-hydroxylation sites is 1. The third kappa shape index (κ3) is 2.76. The summed E-state index contributed by atoms with van der Waals surface area (Å²) in [7, 11) is 0. The van der Waals surface area contributed by atoms with E-state index in [9.17, 15) is 4.79 Å². The minimum Gasteiger partial charge on any atom is -0.464 e. The standard InChI is InChI=1S/C14H17N3O2/c1-14(2,3)17(13(18)19)16-9-10-8-15-12-7-5-4-6-11(10)12/h4-9,15H,1-3H3,(H,18,19)/b16-9-. The summed E-state index contributed by atoms with van der Waals surface area (Å²) >= 11 is 0. The van der Waals surface area contributed by atoms with Gasteiger partial charge in [0, 0.05) is 22.7 Å². The van der Waals surface area contributed by atoms with Gasteiger partial charge in [-0.1, -0.05) is 18.2 Å². The fourth-order valence-electron chi connectivity index (χ4n) is 1.83. The van der Waals surface area contributed by atoms with Crippen molar-refractivity contribution in [1.82, 2.24) is 9.99 Å². The number of nitrogens with zero attached hydrogens (tertiary/aromatic N) is 2. The largest absolute Gasteiger partial charge is 0.464 e. The van der Waals surface area contributed by atoms with E-state index in [0.717, 1.165) is 21.5 Å². The van der Waals surface area contributed by atoms with Crippen molar-refractivity contribution in [3.63, 3.8) is 0 Å². The first-order valence-electron chi connectivity index (χ1n) is 6.03. The van der Waals surface area contributed by atoms with Crippen molar-refractivity contribution >= 4 is 23.2 Å². The maximum Gasteiger partial charge on any atom is 0.428 e. The number of fused-ring (bicyclic) bond motifs is 1. The van der Waals surface area contributed by atoms with Crippen LogP contribution < -0.4 is 0 Å². The minimum absolute atomic E-state index is 0.575. The SMILES string of the molecule is CC(C)(C)N(/N=C\c1c[nH]c2ccccc12)C(=O)O. The fraction of sp³-hybridized carbons (Fsp3) is 0.286. The van der Waals surface area contributed by atoms with Crippen molar-refractivity contribution in [2.24, 2.45) is 5.10 Å². The van der Waals surface area contributed by atoms with Crippen LogP contribution in [0.1, 0.15) is 26.3 Å². The molecule has 2 rings (SSSR count). The highest BCUT2D eigenvalue weighted by Crippen LogP contribution is 2.17. The number of amides is 1. The molecule has 5 nitrogen and oxygen atoms in total. The van der Waals surface area contributed by atoms with Crippen LogP contribution in [0.5, 0.6) is 0 Å². The first-order valence-corrected chi connectivity index (χ1v) is 6.03. The number of aromatic nitrogens is 1. The van der Waals surface area contributed by atoms with Crippen LogP contribution in [0.2, 0.25) is 0 Å². The van der Waals surface area contributed by atoms with Gasteiger partial charge >= 0.3 is 6.09 Å². The highest BCUT2D eigenvalue weighted by molar-refractivity contribution is 5.99. The van der Waals surface area contributed by atoms with Crippen molar-refractivity contribution in [2.75, 3.05) is 0 Å². The van der Waals surface area contributed by atoms with Gasteiger partial charge < -0.3 is 10.1 Å². The van der Waals surface area contributed by atoms with Crippen LogP contribution in [-0.4, -0.2) is 32.9 Å². The Labute approximate surface area is 111 Å². The molecular weight excluding hydrogens is 242 g/mol. The maximum absolute atomic E-state index is 11.2. The molecule has 0 saturated heterocycles. The molecule has 0 bridgehead atoms. The number of aromatic amines is 1. The Morgan fingerprint density at radius 2 is 2.05 bits per heavy atom. The molecule has 0 atom stereocenters. The average Bonchev–Trinajstić information content (AvgIpc) is 2.71. The summed E-state index contributed by atoms with van der Waals surface area (Å²) in [6, 6.07) is 7.81. The number of H-pyrrole nitrogens is 1. The first-order chi connectivity index (χ1) is 8.89. The Bertz CT molecular complexity index is 623. The molecule has 0 aliphatic rings. The lowest BCUT2D eigenvalue weighted by Gasteiger charge is -2.27. The molecule has 1 amide bonds. The molecule has 19 heavy (non-hydrogen) atoms. The van der Waals surface area contributed by atoms with E-state index in [1.54, 1.807) is 27.0 Å². The van der Waals surface area contributed by atoms with Crippen molar-refractivity contribution in [3.8, 4) is 0 Å². The summed E-state index contributed by atoms with van der Waals surface area (Å²) in [6.45, 7) is 5.40. The molecule has 0 radical (unpaired) electrons. The molecule has 100 valence electrons. The number of hydrogen-bond acceptors (Lipinski definition) is 2. The van der Waals surface area contributed by atoms with Gasteiger partial charge in [-0.3, -0.25) is 0 Å². The van der Waals surface area contributed by atoms with Crippen LogP contribution >= 0.6 is 0 Å². The first kappa shape index (κ1) is 13.1. The van der Waals surface area contributed by atoms with Gasteiger partial charge in [-0.15, -0.1) is 0 Å². The quantitative estimate of drug-likeness (QED) is 0.642. The van der Waals surface area contributed by atoms with Gasteiger partial charge in [-0.2, -0.15) is 10.1 Å². The molecular formula is C14H17N3O2. The number of carbonyl (C=O) groups is 1. The summed E-state index contributed by atoms with van der Waals surface area (Å²) in [5, 5.41) is 15.3. The van der Waals surface area contributed by atoms with E-state index in [2.05, 4.69) is 10.1 Å². The summed E-state index contributed by atoms with van der Waals surface area (Å²) in [4.78, 5) is 14.3. The van der Waals surface area contributed by atoms with E-state index in [1.807, 2.05) is 30.5 Å². The van der Waals surface area contributed by atoms with Gasteiger partial charge in [0.25, 0.3) is 0 Å². The van der Waals surface area contributed by atoms with Gasteiger partial charge in [0.15, 0.2) is 0 Å². The van der Waals surface area contributed by atoms with Crippen molar-refractivity contribution in [1.29, 1.82) is 0 Å². The molecule has 0 spiro atoms. The zero-order chi connectivity index (χ0) is 14.0. The van der Waals surface area contributed by atoms with E-state index in [-0.39, 0.29) is 0 Å². The van der Waals surface area contributed by atoms with Gasteiger partial charge in [0.1, 0.15) is 0 Å². The smallest absolute Gasteiger partial charge is 0.428 e. The van der Waals surface area contributed by atoms with Crippen LogP contribution in [-0.2, 0) is 0 Å². The molecule has 0 aliphatic heterocycles. The van der Waals surface area contributed by atoms with Crippen LogP contribution in [0.3, 0.4) is 0 Å². The van der Waals surface area contributed by atoms with Crippen molar-refractivity contribution < 1.29 is 9.90 Å². The minimum atomic E-state index is -1.07. The second kappa shape index (κ2) is 4.76.